The Balaban J connectivity index is 2.40. The lowest BCUT2D eigenvalue weighted by Crippen LogP contribution is -2.28. The van der Waals surface area contributed by atoms with Gasteiger partial charge in [0, 0.05) is 19.6 Å². The fraction of sp³-hybridized carbons (Fsp3) is 0.455. The Kier molecular flexibility index (Phi) is 2.13. The van der Waals surface area contributed by atoms with Crippen LogP contribution in [0.25, 0.3) is 0 Å². The molecule has 2 nitrogen and oxygen atoms in total. The summed E-state index contributed by atoms with van der Waals surface area (Å²) in [6.45, 7) is 3.34. The molecule has 1 aliphatic rings. The van der Waals surface area contributed by atoms with Crippen molar-refractivity contribution in [1.29, 1.82) is 0 Å². The van der Waals surface area contributed by atoms with Gasteiger partial charge in [-0.1, -0.05) is 12.1 Å². The largest absolute Gasteiger partial charge is 0.383 e. The molecule has 2 heteroatoms. The first kappa shape index (κ1) is 8.42. The van der Waals surface area contributed by atoms with E-state index in [1.165, 1.54) is 17.8 Å². The van der Waals surface area contributed by atoms with Crippen LogP contribution in [0.15, 0.2) is 24.3 Å². The second kappa shape index (κ2) is 3.29. The maximum atomic E-state index is 3.44. The van der Waals surface area contributed by atoms with Crippen LogP contribution in [0, 0.1) is 0 Å². The van der Waals surface area contributed by atoms with E-state index in [9.17, 15) is 0 Å². The first-order valence-corrected chi connectivity index (χ1v) is 4.85. The third-order valence-corrected chi connectivity index (χ3v) is 2.82. The summed E-state index contributed by atoms with van der Waals surface area (Å²) >= 11 is 0. The molecule has 0 bridgehead atoms. The third-order valence-electron chi connectivity index (χ3n) is 2.82. The van der Waals surface area contributed by atoms with Crippen LogP contribution in [0.1, 0.15) is 13.3 Å². The highest BCUT2D eigenvalue weighted by atomic mass is 15.2. The van der Waals surface area contributed by atoms with Gasteiger partial charge in [-0.2, -0.15) is 0 Å². The van der Waals surface area contributed by atoms with E-state index in [0.29, 0.717) is 6.04 Å². The second-order valence-corrected chi connectivity index (χ2v) is 3.69. The fourth-order valence-corrected chi connectivity index (χ4v) is 1.78. The monoisotopic (exact) mass is 176 g/mol. The van der Waals surface area contributed by atoms with E-state index in [-0.39, 0.29) is 0 Å². The maximum Gasteiger partial charge on any atom is 0.0601 e. The van der Waals surface area contributed by atoms with E-state index >= 15 is 0 Å². The van der Waals surface area contributed by atoms with Gasteiger partial charge in [0.15, 0.2) is 0 Å². The molecule has 0 spiro atoms. The van der Waals surface area contributed by atoms with E-state index in [4.69, 9.17) is 0 Å². The number of para-hydroxylation sites is 2. The summed E-state index contributed by atoms with van der Waals surface area (Å²) in [6, 6.07) is 9.11. The fourth-order valence-electron chi connectivity index (χ4n) is 1.78. The second-order valence-electron chi connectivity index (χ2n) is 3.69. The van der Waals surface area contributed by atoms with Gasteiger partial charge < -0.3 is 10.2 Å². The lowest BCUT2D eigenvalue weighted by molar-refractivity contribution is 0.657. The van der Waals surface area contributed by atoms with Crippen LogP contribution in [0.3, 0.4) is 0 Å². The quantitative estimate of drug-likeness (QED) is 0.652. The molecular formula is C11H16N2. The lowest BCUT2D eigenvalue weighted by atomic mass is 10.2. The van der Waals surface area contributed by atoms with Gasteiger partial charge in [0.25, 0.3) is 0 Å². The normalized spacial score (nSPS) is 21.7. The van der Waals surface area contributed by atoms with Crippen molar-refractivity contribution in [2.24, 2.45) is 0 Å². The van der Waals surface area contributed by atoms with E-state index in [2.05, 4.69) is 48.5 Å². The van der Waals surface area contributed by atoms with E-state index < -0.39 is 0 Å². The van der Waals surface area contributed by atoms with Crippen molar-refractivity contribution in [3.63, 3.8) is 0 Å². The van der Waals surface area contributed by atoms with Crippen LogP contribution in [0.5, 0.6) is 0 Å². The molecule has 13 heavy (non-hydrogen) atoms. The zero-order valence-corrected chi connectivity index (χ0v) is 8.25. The Morgan fingerprint density at radius 3 is 3.00 bits per heavy atom. The Morgan fingerprint density at radius 1 is 1.38 bits per heavy atom. The summed E-state index contributed by atoms with van der Waals surface area (Å²) < 4.78 is 0. The summed E-state index contributed by atoms with van der Waals surface area (Å²) in [4.78, 5) is 2.34. The van der Waals surface area contributed by atoms with Gasteiger partial charge in [-0.05, 0) is 25.5 Å². The molecule has 0 unspecified atom stereocenters. The van der Waals surface area contributed by atoms with Crippen molar-refractivity contribution in [1.82, 2.24) is 0 Å². The molecule has 1 atom stereocenters. The minimum atomic E-state index is 0.621. The Hall–Kier alpha value is -1.18. The van der Waals surface area contributed by atoms with Crippen molar-refractivity contribution < 1.29 is 0 Å². The van der Waals surface area contributed by atoms with Gasteiger partial charge >= 0.3 is 0 Å². The molecule has 1 aromatic rings. The van der Waals surface area contributed by atoms with Gasteiger partial charge in [0.05, 0.1) is 11.4 Å². The molecule has 2 rings (SSSR count). The van der Waals surface area contributed by atoms with E-state index in [1.807, 2.05) is 0 Å². The Morgan fingerprint density at radius 2 is 2.15 bits per heavy atom. The molecule has 1 heterocycles. The molecule has 0 aromatic heterocycles. The summed E-state index contributed by atoms with van der Waals surface area (Å²) in [7, 11) is 2.16. The lowest BCUT2D eigenvalue weighted by Gasteiger charge is -2.25. The molecule has 0 fully saturated rings. The number of anilines is 2. The zero-order chi connectivity index (χ0) is 9.26. The molecule has 0 radical (unpaired) electrons. The topological polar surface area (TPSA) is 15.3 Å². The number of fused-ring (bicyclic) bond motifs is 1. The van der Waals surface area contributed by atoms with Crippen LogP contribution < -0.4 is 10.2 Å². The standard InChI is InChI=1S/C11H16N2/c1-9-7-8-12-10-5-3-4-6-11(10)13(9)2/h3-6,9,12H,7-8H2,1-2H3/t9-/m0/s1. The number of hydrogen-bond acceptors (Lipinski definition) is 2. The van der Waals surface area contributed by atoms with Crippen LogP contribution in [0.4, 0.5) is 11.4 Å². The van der Waals surface area contributed by atoms with E-state index in [0.717, 1.165) is 6.54 Å². The van der Waals surface area contributed by atoms with Crippen LogP contribution in [0.2, 0.25) is 0 Å². The molecule has 0 saturated heterocycles. The molecule has 1 aliphatic heterocycles. The average molecular weight is 176 g/mol. The van der Waals surface area contributed by atoms with Crippen molar-refractivity contribution in [2.45, 2.75) is 19.4 Å². The van der Waals surface area contributed by atoms with Crippen molar-refractivity contribution in [3.05, 3.63) is 24.3 Å². The van der Waals surface area contributed by atoms with Crippen LogP contribution in [-0.4, -0.2) is 19.6 Å². The minimum absolute atomic E-state index is 0.621. The SMILES string of the molecule is C[C@H]1CCNc2ccccc2N1C. The van der Waals surface area contributed by atoms with Crippen molar-refractivity contribution >= 4 is 11.4 Å². The van der Waals surface area contributed by atoms with Gasteiger partial charge in [0.1, 0.15) is 0 Å². The van der Waals surface area contributed by atoms with Crippen LogP contribution in [-0.2, 0) is 0 Å². The highest BCUT2D eigenvalue weighted by Crippen LogP contribution is 2.28. The molecule has 1 N–H and O–H groups in total. The highest BCUT2D eigenvalue weighted by molar-refractivity contribution is 5.70. The van der Waals surface area contributed by atoms with Gasteiger partial charge in [-0.25, -0.2) is 0 Å². The maximum absolute atomic E-state index is 3.44. The van der Waals surface area contributed by atoms with Crippen LogP contribution >= 0.6 is 0 Å². The smallest absolute Gasteiger partial charge is 0.0601 e. The molecular weight excluding hydrogens is 160 g/mol. The van der Waals surface area contributed by atoms with E-state index in [1.54, 1.807) is 0 Å². The summed E-state index contributed by atoms with van der Waals surface area (Å²) in [5, 5.41) is 3.44. The number of nitrogens with zero attached hydrogens (tertiary/aromatic N) is 1. The van der Waals surface area contributed by atoms with Gasteiger partial charge in [-0.15, -0.1) is 0 Å². The molecule has 70 valence electrons. The van der Waals surface area contributed by atoms with Gasteiger partial charge in [-0.3, -0.25) is 0 Å². The number of nitrogens with one attached hydrogen (secondary N) is 1. The third kappa shape index (κ3) is 1.48. The Labute approximate surface area is 79.6 Å². The summed E-state index contributed by atoms with van der Waals surface area (Å²) in [5.74, 6) is 0. The summed E-state index contributed by atoms with van der Waals surface area (Å²) in [5.41, 5.74) is 2.57. The average Bonchev–Trinajstić information content (AvgIpc) is 2.29. The Bertz CT molecular complexity index is 296. The molecule has 0 saturated carbocycles. The first-order chi connectivity index (χ1) is 6.29. The van der Waals surface area contributed by atoms with Gasteiger partial charge in [0.2, 0.25) is 0 Å². The predicted molar refractivity (Wildman–Crippen MR) is 57.4 cm³/mol. The predicted octanol–water partition coefficient (Wildman–Crippen LogP) is 2.33. The molecule has 1 aromatic carbocycles. The van der Waals surface area contributed by atoms with Crippen molar-refractivity contribution in [2.75, 3.05) is 23.8 Å². The minimum Gasteiger partial charge on any atom is -0.383 e. The molecule has 0 amide bonds. The zero-order valence-electron chi connectivity index (χ0n) is 8.25. The number of rotatable bonds is 0. The summed E-state index contributed by atoms with van der Waals surface area (Å²) in [6.07, 6.45) is 1.20. The first-order valence-electron chi connectivity index (χ1n) is 4.85. The molecule has 0 aliphatic carbocycles. The van der Waals surface area contributed by atoms with Crippen molar-refractivity contribution in [3.8, 4) is 0 Å². The number of hydrogen-bond donors (Lipinski definition) is 1. The highest BCUT2D eigenvalue weighted by Gasteiger charge is 2.16. The number of benzene rings is 1.